The van der Waals surface area contributed by atoms with Gasteiger partial charge in [-0.2, -0.15) is 0 Å². The highest BCUT2D eigenvalue weighted by Crippen LogP contribution is 1.55. The van der Waals surface area contributed by atoms with Crippen molar-refractivity contribution >= 4 is 12.7 Å². The van der Waals surface area contributed by atoms with Crippen LogP contribution in [0.2, 0.25) is 0 Å². The SMILES string of the molecule is C=NC(N)=NN. The Labute approximate surface area is 35.5 Å². The number of hydrazone groups is 1. The van der Waals surface area contributed by atoms with Crippen LogP contribution in [-0.4, -0.2) is 12.7 Å². The number of hydrogen-bond donors (Lipinski definition) is 2. The summed E-state index contributed by atoms with van der Waals surface area (Å²) in [5.74, 6) is 4.62. The fraction of sp³-hybridized carbons (Fsp3) is 0. The third kappa shape index (κ3) is 1.28. The molecule has 34 valence electrons. The molecule has 4 nitrogen and oxygen atoms in total. The molecule has 0 aliphatic heterocycles. The molecule has 0 amide bonds. The lowest BCUT2D eigenvalue weighted by atomic mass is 11.1. The molecule has 0 fully saturated rings. The van der Waals surface area contributed by atoms with E-state index in [-0.39, 0.29) is 5.96 Å². The van der Waals surface area contributed by atoms with Crippen LogP contribution in [-0.2, 0) is 0 Å². The standard InChI is InChI=1S/C2H6N4/c1-5-2(3)6-4/h1,4H2,(H2,3,6). The molecule has 0 aromatic carbocycles. The number of hydrogen-bond acceptors (Lipinski definition) is 2. The number of nitrogens with two attached hydrogens (primary N) is 2. The van der Waals surface area contributed by atoms with Crippen molar-refractivity contribution in [2.45, 2.75) is 0 Å². The van der Waals surface area contributed by atoms with Gasteiger partial charge in [0.25, 0.3) is 0 Å². The molecule has 0 aromatic rings. The van der Waals surface area contributed by atoms with Gasteiger partial charge in [-0.15, -0.1) is 5.10 Å². The molecule has 0 saturated carbocycles. The summed E-state index contributed by atoms with van der Waals surface area (Å²) in [6.45, 7) is 3.05. The summed E-state index contributed by atoms with van der Waals surface area (Å²) in [6.07, 6.45) is 0. The van der Waals surface area contributed by atoms with E-state index in [9.17, 15) is 0 Å². The van der Waals surface area contributed by atoms with Gasteiger partial charge in [-0.3, -0.25) is 0 Å². The largest absolute Gasteiger partial charge is 0.367 e. The highest BCUT2D eigenvalue weighted by Gasteiger charge is 1.70. The minimum atomic E-state index is 0.00926. The van der Waals surface area contributed by atoms with Crippen molar-refractivity contribution in [3.8, 4) is 0 Å². The van der Waals surface area contributed by atoms with Gasteiger partial charge in [0.1, 0.15) is 0 Å². The van der Waals surface area contributed by atoms with Crippen LogP contribution < -0.4 is 11.6 Å². The molecule has 0 atom stereocenters. The minimum absolute atomic E-state index is 0.00926. The first-order valence-corrected chi connectivity index (χ1v) is 1.31. The summed E-state index contributed by atoms with van der Waals surface area (Å²) in [5, 5.41) is 2.97. The van der Waals surface area contributed by atoms with Gasteiger partial charge >= 0.3 is 0 Å². The van der Waals surface area contributed by atoms with Gasteiger partial charge in [0.05, 0.1) is 0 Å². The summed E-state index contributed by atoms with van der Waals surface area (Å²) >= 11 is 0. The predicted octanol–water partition coefficient (Wildman–Crippen LogP) is -1.12. The molecular weight excluding hydrogens is 80.0 g/mol. The molecule has 6 heavy (non-hydrogen) atoms. The van der Waals surface area contributed by atoms with Crippen LogP contribution in [0.15, 0.2) is 10.1 Å². The lowest BCUT2D eigenvalue weighted by Gasteiger charge is -1.78. The number of nitrogens with zero attached hydrogens (tertiary/aromatic N) is 2. The van der Waals surface area contributed by atoms with Gasteiger partial charge in [-0.1, -0.05) is 0 Å². The highest BCUT2D eigenvalue weighted by molar-refractivity contribution is 5.81. The van der Waals surface area contributed by atoms with E-state index in [2.05, 4.69) is 22.7 Å². The predicted molar refractivity (Wildman–Crippen MR) is 25.4 cm³/mol. The zero-order valence-electron chi connectivity index (χ0n) is 3.26. The Morgan fingerprint density at radius 3 is 2.17 bits per heavy atom. The third-order valence-corrected chi connectivity index (χ3v) is 0.294. The molecule has 4 N–H and O–H groups in total. The van der Waals surface area contributed by atoms with Gasteiger partial charge in [0.2, 0.25) is 5.96 Å². The van der Waals surface area contributed by atoms with Crippen molar-refractivity contribution in [1.82, 2.24) is 0 Å². The van der Waals surface area contributed by atoms with Crippen LogP contribution in [0.4, 0.5) is 0 Å². The highest BCUT2D eigenvalue weighted by atomic mass is 15.2. The maximum Gasteiger partial charge on any atom is 0.236 e. The molecule has 0 aliphatic rings. The first kappa shape index (κ1) is 4.94. The summed E-state index contributed by atoms with van der Waals surface area (Å²) in [6, 6.07) is 0. The Morgan fingerprint density at radius 1 is 1.67 bits per heavy atom. The molecule has 0 unspecified atom stereocenters. The Morgan fingerprint density at radius 2 is 2.17 bits per heavy atom. The van der Waals surface area contributed by atoms with E-state index >= 15 is 0 Å². The second kappa shape index (κ2) is 2.19. The van der Waals surface area contributed by atoms with Gasteiger partial charge in [0, 0.05) is 0 Å². The lowest BCUT2D eigenvalue weighted by molar-refractivity contribution is 1.21. The van der Waals surface area contributed by atoms with Crippen LogP contribution >= 0.6 is 0 Å². The molecule has 0 aliphatic carbocycles. The average Bonchev–Trinajstić information content (AvgIpc) is 1.65. The van der Waals surface area contributed by atoms with E-state index in [0.29, 0.717) is 0 Å². The molecule has 4 heteroatoms. The monoisotopic (exact) mass is 86.1 g/mol. The van der Waals surface area contributed by atoms with E-state index in [1.807, 2.05) is 0 Å². The molecule has 0 aromatic heterocycles. The van der Waals surface area contributed by atoms with Crippen molar-refractivity contribution in [3.63, 3.8) is 0 Å². The molecule has 0 bridgehead atoms. The minimum Gasteiger partial charge on any atom is -0.367 e. The van der Waals surface area contributed by atoms with Gasteiger partial charge in [-0.25, -0.2) is 4.99 Å². The molecule has 0 heterocycles. The fourth-order valence-corrected chi connectivity index (χ4v) is 0.0408. The van der Waals surface area contributed by atoms with E-state index in [4.69, 9.17) is 5.73 Å². The topological polar surface area (TPSA) is 76.8 Å². The van der Waals surface area contributed by atoms with E-state index < -0.39 is 0 Å². The van der Waals surface area contributed by atoms with Crippen molar-refractivity contribution in [2.24, 2.45) is 21.7 Å². The lowest BCUT2D eigenvalue weighted by Crippen LogP contribution is -2.09. The van der Waals surface area contributed by atoms with Gasteiger partial charge in [-0.05, 0) is 6.72 Å². The van der Waals surface area contributed by atoms with Crippen LogP contribution in [0, 0.1) is 0 Å². The summed E-state index contributed by atoms with van der Waals surface area (Å²) < 4.78 is 0. The van der Waals surface area contributed by atoms with E-state index in [0.717, 1.165) is 0 Å². The molecular formula is C2H6N4. The Kier molecular flexibility index (Phi) is 1.81. The zero-order valence-corrected chi connectivity index (χ0v) is 3.26. The Balaban J connectivity index is 3.50. The summed E-state index contributed by atoms with van der Waals surface area (Å²) in [5.41, 5.74) is 4.87. The average molecular weight is 86.1 g/mol. The zero-order chi connectivity index (χ0) is 4.99. The molecule has 0 spiro atoms. The van der Waals surface area contributed by atoms with Crippen molar-refractivity contribution in [2.75, 3.05) is 0 Å². The maximum absolute atomic E-state index is 4.87. The Hall–Kier alpha value is -1.06. The molecule has 0 rings (SSSR count). The number of guanidine groups is 1. The van der Waals surface area contributed by atoms with Gasteiger partial charge < -0.3 is 11.6 Å². The van der Waals surface area contributed by atoms with Crippen LogP contribution in [0.25, 0.3) is 0 Å². The van der Waals surface area contributed by atoms with Crippen molar-refractivity contribution in [1.29, 1.82) is 0 Å². The maximum atomic E-state index is 4.87. The van der Waals surface area contributed by atoms with E-state index in [1.54, 1.807) is 0 Å². The number of rotatable bonds is 0. The normalized spacial score (nSPS) is 11.0. The number of aliphatic imine (C=N–C) groups is 1. The molecule has 0 radical (unpaired) electrons. The smallest absolute Gasteiger partial charge is 0.236 e. The first-order valence-electron chi connectivity index (χ1n) is 1.31. The van der Waals surface area contributed by atoms with Crippen LogP contribution in [0.5, 0.6) is 0 Å². The fourth-order valence-electron chi connectivity index (χ4n) is 0.0408. The van der Waals surface area contributed by atoms with Crippen LogP contribution in [0.3, 0.4) is 0 Å². The third-order valence-electron chi connectivity index (χ3n) is 0.294. The summed E-state index contributed by atoms with van der Waals surface area (Å²) in [7, 11) is 0. The quantitative estimate of drug-likeness (QED) is 0.169. The van der Waals surface area contributed by atoms with Crippen LogP contribution in [0.1, 0.15) is 0 Å². The molecule has 0 saturated heterocycles. The van der Waals surface area contributed by atoms with Gasteiger partial charge in [0.15, 0.2) is 0 Å². The van der Waals surface area contributed by atoms with Crippen molar-refractivity contribution < 1.29 is 0 Å². The van der Waals surface area contributed by atoms with E-state index in [1.165, 1.54) is 0 Å². The first-order chi connectivity index (χ1) is 2.81. The Bertz CT molecular complexity index is 73.6. The van der Waals surface area contributed by atoms with Crippen molar-refractivity contribution in [3.05, 3.63) is 0 Å². The second-order valence-corrected chi connectivity index (χ2v) is 0.645. The second-order valence-electron chi connectivity index (χ2n) is 0.645. The summed E-state index contributed by atoms with van der Waals surface area (Å²) in [4.78, 5) is 3.16.